The Kier molecular flexibility index (Phi) is 4.38. The fraction of sp³-hybridized carbons (Fsp3) is 0.583. The Morgan fingerprint density at radius 1 is 1.42 bits per heavy atom. The minimum absolute atomic E-state index is 0.128. The summed E-state index contributed by atoms with van der Waals surface area (Å²) in [5.74, 6) is 5.62. The maximum absolute atomic E-state index is 12.5. The van der Waals surface area contributed by atoms with Gasteiger partial charge in [-0.3, -0.25) is 16.3 Å². The summed E-state index contributed by atoms with van der Waals surface area (Å²) in [4.78, 5) is 3.87. The number of alkyl halides is 3. The summed E-state index contributed by atoms with van der Waals surface area (Å²) < 4.78 is 42.7. The van der Waals surface area contributed by atoms with Gasteiger partial charge in [-0.2, -0.15) is 13.2 Å². The molecule has 2 unspecified atom stereocenters. The number of nitrogens with one attached hydrogen (secondary N) is 1. The lowest BCUT2D eigenvalue weighted by Gasteiger charge is -2.29. The first-order valence-electron chi connectivity index (χ1n) is 6.09. The SMILES string of the molecule is NNC(c1ccc(C(F)(F)F)cn1)C1CCCOC1. The summed E-state index contributed by atoms with van der Waals surface area (Å²) in [6.45, 7) is 1.26. The zero-order valence-corrected chi connectivity index (χ0v) is 10.3. The second-order valence-corrected chi connectivity index (χ2v) is 4.59. The first-order valence-corrected chi connectivity index (χ1v) is 6.09. The van der Waals surface area contributed by atoms with Crippen LogP contribution in [0.1, 0.15) is 30.1 Å². The number of hydrazine groups is 1. The number of halogens is 3. The van der Waals surface area contributed by atoms with E-state index in [1.807, 2.05) is 0 Å². The van der Waals surface area contributed by atoms with Gasteiger partial charge in [0.15, 0.2) is 0 Å². The zero-order valence-electron chi connectivity index (χ0n) is 10.3. The summed E-state index contributed by atoms with van der Waals surface area (Å²) >= 11 is 0. The molecule has 0 spiro atoms. The molecule has 0 amide bonds. The van der Waals surface area contributed by atoms with E-state index in [0.29, 0.717) is 18.9 Å². The zero-order chi connectivity index (χ0) is 13.9. The topological polar surface area (TPSA) is 60.2 Å². The van der Waals surface area contributed by atoms with E-state index in [2.05, 4.69) is 10.4 Å². The van der Waals surface area contributed by atoms with Crippen molar-refractivity contribution in [2.24, 2.45) is 11.8 Å². The van der Waals surface area contributed by atoms with Gasteiger partial charge in [0.2, 0.25) is 0 Å². The molecular formula is C12H16F3N3O. The minimum atomic E-state index is -4.37. The van der Waals surface area contributed by atoms with Crippen molar-refractivity contribution in [2.45, 2.75) is 25.1 Å². The molecule has 1 aromatic heterocycles. The third kappa shape index (κ3) is 3.43. The van der Waals surface area contributed by atoms with E-state index < -0.39 is 11.7 Å². The molecule has 0 saturated carbocycles. The fourth-order valence-electron chi connectivity index (χ4n) is 2.25. The average Bonchev–Trinajstić information content (AvgIpc) is 2.40. The lowest BCUT2D eigenvalue weighted by molar-refractivity contribution is -0.137. The Labute approximate surface area is 109 Å². The van der Waals surface area contributed by atoms with Crippen LogP contribution < -0.4 is 11.3 Å². The smallest absolute Gasteiger partial charge is 0.381 e. The fourth-order valence-corrected chi connectivity index (χ4v) is 2.25. The van der Waals surface area contributed by atoms with Crippen LogP contribution in [0.15, 0.2) is 18.3 Å². The van der Waals surface area contributed by atoms with Crippen molar-refractivity contribution < 1.29 is 17.9 Å². The Hall–Kier alpha value is -1.18. The number of hydrogen-bond acceptors (Lipinski definition) is 4. The molecule has 2 atom stereocenters. The van der Waals surface area contributed by atoms with Crippen molar-refractivity contribution in [3.05, 3.63) is 29.6 Å². The summed E-state index contributed by atoms with van der Waals surface area (Å²) in [6, 6.07) is 2.10. The Balaban J connectivity index is 2.14. The van der Waals surface area contributed by atoms with Crippen molar-refractivity contribution in [2.75, 3.05) is 13.2 Å². The van der Waals surface area contributed by atoms with Crippen LogP contribution >= 0.6 is 0 Å². The quantitative estimate of drug-likeness (QED) is 0.654. The molecule has 2 rings (SSSR count). The van der Waals surface area contributed by atoms with Gasteiger partial charge in [0.05, 0.1) is 23.9 Å². The highest BCUT2D eigenvalue weighted by Gasteiger charge is 2.32. The lowest BCUT2D eigenvalue weighted by atomic mass is 9.91. The molecular weight excluding hydrogens is 259 g/mol. The summed E-state index contributed by atoms with van der Waals surface area (Å²) in [5.41, 5.74) is 2.37. The van der Waals surface area contributed by atoms with Crippen LogP contribution in [0.2, 0.25) is 0 Å². The molecule has 1 saturated heterocycles. The van der Waals surface area contributed by atoms with Crippen LogP contribution in [0.4, 0.5) is 13.2 Å². The number of nitrogens with two attached hydrogens (primary N) is 1. The van der Waals surface area contributed by atoms with Gasteiger partial charge in [-0.1, -0.05) is 0 Å². The van der Waals surface area contributed by atoms with Crippen LogP contribution in [0.3, 0.4) is 0 Å². The highest BCUT2D eigenvalue weighted by atomic mass is 19.4. The highest BCUT2D eigenvalue weighted by molar-refractivity contribution is 5.19. The van der Waals surface area contributed by atoms with Crippen molar-refractivity contribution in [3.63, 3.8) is 0 Å². The summed E-state index contributed by atoms with van der Waals surface area (Å²) in [7, 11) is 0. The molecule has 19 heavy (non-hydrogen) atoms. The van der Waals surface area contributed by atoms with Gasteiger partial charge in [0.1, 0.15) is 0 Å². The Morgan fingerprint density at radius 2 is 2.21 bits per heavy atom. The average molecular weight is 275 g/mol. The van der Waals surface area contributed by atoms with Gasteiger partial charge in [0, 0.05) is 18.7 Å². The van der Waals surface area contributed by atoms with Gasteiger partial charge >= 0.3 is 6.18 Å². The van der Waals surface area contributed by atoms with E-state index in [4.69, 9.17) is 10.6 Å². The summed E-state index contributed by atoms with van der Waals surface area (Å²) in [5, 5.41) is 0. The first kappa shape index (κ1) is 14.2. The molecule has 106 valence electrons. The monoisotopic (exact) mass is 275 g/mol. The van der Waals surface area contributed by atoms with Gasteiger partial charge in [-0.25, -0.2) is 0 Å². The molecule has 3 N–H and O–H groups in total. The molecule has 0 radical (unpaired) electrons. The largest absolute Gasteiger partial charge is 0.417 e. The van der Waals surface area contributed by atoms with Gasteiger partial charge < -0.3 is 4.74 Å². The van der Waals surface area contributed by atoms with Crippen LogP contribution in [0.25, 0.3) is 0 Å². The second kappa shape index (κ2) is 5.85. The number of ether oxygens (including phenoxy) is 1. The molecule has 1 aromatic rings. The number of nitrogens with zero attached hydrogens (tertiary/aromatic N) is 1. The normalized spacial score (nSPS) is 22.2. The lowest BCUT2D eigenvalue weighted by Crippen LogP contribution is -2.37. The Bertz CT molecular complexity index is 402. The number of aromatic nitrogens is 1. The van der Waals surface area contributed by atoms with Crippen molar-refractivity contribution in [3.8, 4) is 0 Å². The minimum Gasteiger partial charge on any atom is -0.381 e. The van der Waals surface area contributed by atoms with Crippen molar-refractivity contribution in [1.82, 2.24) is 10.4 Å². The maximum atomic E-state index is 12.5. The molecule has 1 fully saturated rings. The number of hydrogen-bond donors (Lipinski definition) is 2. The number of pyridine rings is 1. The predicted molar refractivity (Wildman–Crippen MR) is 62.8 cm³/mol. The van der Waals surface area contributed by atoms with Gasteiger partial charge in [-0.15, -0.1) is 0 Å². The van der Waals surface area contributed by atoms with E-state index in [-0.39, 0.29) is 12.0 Å². The van der Waals surface area contributed by atoms with Crippen molar-refractivity contribution >= 4 is 0 Å². The molecule has 0 aliphatic carbocycles. The van der Waals surface area contributed by atoms with E-state index >= 15 is 0 Å². The number of rotatable bonds is 3. The third-order valence-corrected chi connectivity index (χ3v) is 3.28. The predicted octanol–water partition coefficient (Wildman–Crippen LogP) is 2.03. The summed E-state index contributed by atoms with van der Waals surface area (Å²) in [6.07, 6.45) is -1.70. The molecule has 1 aliphatic heterocycles. The standard InChI is InChI=1S/C12H16F3N3O/c13-12(14,15)9-3-4-10(17-6-9)11(18-16)8-2-1-5-19-7-8/h3-4,6,8,11,18H,1-2,5,7,16H2. The van der Waals surface area contributed by atoms with Crippen LogP contribution in [-0.4, -0.2) is 18.2 Å². The molecule has 0 aromatic carbocycles. The van der Waals surface area contributed by atoms with Gasteiger partial charge in [0.25, 0.3) is 0 Å². The molecule has 0 bridgehead atoms. The van der Waals surface area contributed by atoms with Gasteiger partial charge in [-0.05, 0) is 25.0 Å². The third-order valence-electron chi connectivity index (χ3n) is 3.28. The molecule has 4 nitrogen and oxygen atoms in total. The van der Waals surface area contributed by atoms with E-state index in [1.54, 1.807) is 0 Å². The van der Waals surface area contributed by atoms with E-state index in [1.165, 1.54) is 6.07 Å². The molecule has 2 heterocycles. The Morgan fingerprint density at radius 3 is 2.68 bits per heavy atom. The highest BCUT2D eigenvalue weighted by Crippen LogP contribution is 2.31. The van der Waals surface area contributed by atoms with Crippen LogP contribution in [0, 0.1) is 5.92 Å². The van der Waals surface area contributed by atoms with Crippen molar-refractivity contribution in [1.29, 1.82) is 0 Å². The maximum Gasteiger partial charge on any atom is 0.417 e. The van der Waals surface area contributed by atoms with E-state index in [9.17, 15) is 13.2 Å². The molecule has 1 aliphatic rings. The van der Waals surface area contributed by atoms with Crippen LogP contribution in [-0.2, 0) is 10.9 Å². The second-order valence-electron chi connectivity index (χ2n) is 4.59. The van der Waals surface area contributed by atoms with E-state index in [0.717, 1.165) is 25.1 Å². The molecule has 7 heteroatoms. The first-order chi connectivity index (χ1) is 9.02. The van der Waals surface area contributed by atoms with Crippen LogP contribution in [0.5, 0.6) is 0 Å².